The molecule has 0 saturated carbocycles. The third-order valence-electron chi connectivity index (χ3n) is 2.90. The summed E-state index contributed by atoms with van der Waals surface area (Å²) in [7, 11) is 0. The van der Waals surface area contributed by atoms with Crippen LogP contribution < -0.4 is 5.32 Å². The highest BCUT2D eigenvalue weighted by molar-refractivity contribution is 9.10. The van der Waals surface area contributed by atoms with Gasteiger partial charge in [0.2, 0.25) is 0 Å². The average Bonchev–Trinajstić information content (AvgIpc) is 2.32. The number of aromatic nitrogens is 1. The Balaban J connectivity index is 2.21. The predicted octanol–water partition coefficient (Wildman–Crippen LogP) is 5.01. The monoisotopic (exact) mass is 298 g/mol. The molecule has 0 amide bonds. The molecule has 0 saturated heterocycles. The summed E-state index contributed by atoms with van der Waals surface area (Å²) < 4.78 is 0.901. The quantitative estimate of drug-likeness (QED) is 0.539. The molecule has 1 atom stereocenters. The lowest BCUT2D eigenvalue weighted by Crippen LogP contribution is -2.15. The van der Waals surface area contributed by atoms with Crippen LogP contribution in [0.5, 0.6) is 0 Å². The van der Waals surface area contributed by atoms with Gasteiger partial charge in [0, 0.05) is 12.2 Å². The minimum absolute atomic E-state index is 0.511. The first-order valence-electron chi connectivity index (χ1n) is 6.61. The van der Waals surface area contributed by atoms with E-state index >= 15 is 0 Å². The molecule has 0 radical (unpaired) electrons. The summed E-state index contributed by atoms with van der Waals surface area (Å²) in [6.45, 7) is 4.49. The Morgan fingerprint density at radius 1 is 1.29 bits per heavy atom. The lowest BCUT2D eigenvalue weighted by Gasteiger charge is -2.15. The fourth-order valence-electron chi connectivity index (χ4n) is 1.89. The topological polar surface area (TPSA) is 24.9 Å². The van der Waals surface area contributed by atoms with Crippen molar-refractivity contribution >= 4 is 21.6 Å². The SMILES string of the molecule is CCCCCCCC(C)Nc1cccnc1Br. The van der Waals surface area contributed by atoms with Crippen LogP contribution in [0.1, 0.15) is 52.4 Å². The minimum atomic E-state index is 0.511. The van der Waals surface area contributed by atoms with Crippen LogP contribution in [0, 0.1) is 0 Å². The van der Waals surface area contributed by atoms with E-state index in [1.54, 1.807) is 6.20 Å². The molecule has 0 aliphatic rings. The number of hydrogen-bond donors (Lipinski definition) is 1. The van der Waals surface area contributed by atoms with E-state index in [0.717, 1.165) is 10.3 Å². The molecular formula is C14H23BrN2. The molecule has 0 spiro atoms. The zero-order chi connectivity index (χ0) is 12.5. The van der Waals surface area contributed by atoms with Crippen molar-refractivity contribution in [3.63, 3.8) is 0 Å². The molecule has 96 valence electrons. The van der Waals surface area contributed by atoms with Crippen molar-refractivity contribution < 1.29 is 0 Å². The molecule has 0 bridgehead atoms. The molecule has 3 heteroatoms. The first-order valence-corrected chi connectivity index (χ1v) is 7.40. The molecule has 0 fully saturated rings. The van der Waals surface area contributed by atoms with E-state index in [1.807, 2.05) is 6.07 Å². The summed E-state index contributed by atoms with van der Waals surface area (Å²) in [6.07, 6.45) is 9.75. The first kappa shape index (κ1) is 14.5. The molecule has 1 N–H and O–H groups in total. The van der Waals surface area contributed by atoms with E-state index in [0.29, 0.717) is 6.04 Å². The Labute approximate surface area is 113 Å². The summed E-state index contributed by atoms with van der Waals surface area (Å²) >= 11 is 3.45. The Hall–Kier alpha value is -0.570. The van der Waals surface area contributed by atoms with Crippen LogP contribution in [0.25, 0.3) is 0 Å². The van der Waals surface area contributed by atoms with E-state index < -0.39 is 0 Å². The second-order valence-electron chi connectivity index (χ2n) is 4.59. The second-order valence-corrected chi connectivity index (χ2v) is 5.34. The van der Waals surface area contributed by atoms with Gasteiger partial charge in [-0.05, 0) is 41.4 Å². The van der Waals surface area contributed by atoms with Crippen molar-refractivity contribution in [1.29, 1.82) is 0 Å². The van der Waals surface area contributed by atoms with Gasteiger partial charge in [-0.1, -0.05) is 39.0 Å². The third kappa shape index (κ3) is 6.06. The zero-order valence-corrected chi connectivity index (χ0v) is 12.5. The number of rotatable bonds is 8. The molecule has 1 heterocycles. The van der Waals surface area contributed by atoms with Crippen molar-refractivity contribution in [2.24, 2.45) is 0 Å². The van der Waals surface area contributed by atoms with Crippen LogP contribution in [0.2, 0.25) is 0 Å². The van der Waals surface area contributed by atoms with Crippen LogP contribution in [0.15, 0.2) is 22.9 Å². The van der Waals surface area contributed by atoms with E-state index in [2.05, 4.69) is 46.1 Å². The van der Waals surface area contributed by atoms with Crippen molar-refractivity contribution in [3.8, 4) is 0 Å². The fourth-order valence-corrected chi connectivity index (χ4v) is 2.25. The molecule has 1 unspecified atom stereocenters. The number of anilines is 1. The van der Waals surface area contributed by atoms with Gasteiger partial charge < -0.3 is 5.32 Å². The Morgan fingerprint density at radius 2 is 2.06 bits per heavy atom. The molecule has 0 aromatic carbocycles. The maximum Gasteiger partial charge on any atom is 0.129 e. The molecule has 2 nitrogen and oxygen atoms in total. The van der Waals surface area contributed by atoms with E-state index in [-0.39, 0.29) is 0 Å². The molecule has 0 aliphatic carbocycles. The second kappa shape index (κ2) is 8.51. The molecule has 1 aromatic heterocycles. The minimum Gasteiger partial charge on any atom is -0.380 e. The van der Waals surface area contributed by atoms with Crippen LogP contribution in [0.3, 0.4) is 0 Å². The van der Waals surface area contributed by atoms with E-state index in [4.69, 9.17) is 0 Å². The van der Waals surface area contributed by atoms with Crippen molar-refractivity contribution in [1.82, 2.24) is 4.98 Å². The van der Waals surface area contributed by atoms with Gasteiger partial charge >= 0.3 is 0 Å². The van der Waals surface area contributed by atoms with Gasteiger partial charge in [0.1, 0.15) is 4.60 Å². The number of hydrogen-bond acceptors (Lipinski definition) is 2. The lowest BCUT2D eigenvalue weighted by atomic mass is 10.1. The Bertz CT molecular complexity index is 315. The van der Waals surface area contributed by atoms with Crippen LogP contribution >= 0.6 is 15.9 Å². The molecule has 17 heavy (non-hydrogen) atoms. The predicted molar refractivity (Wildman–Crippen MR) is 78.4 cm³/mol. The lowest BCUT2D eigenvalue weighted by molar-refractivity contribution is 0.578. The van der Waals surface area contributed by atoms with Gasteiger partial charge in [-0.25, -0.2) is 4.98 Å². The zero-order valence-electron chi connectivity index (χ0n) is 10.9. The molecule has 1 aromatic rings. The van der Waals surface area contributed by atoms with Gasteiger partial charge in [0.25, 0.3) is 0 Å². The maximum atomic E-state index is 4.21. The van der Waals surface area contributed by atoms with Crippen molar-refractivity contribution in [3.05, 3.63) is 22.9 Å². The van der Waals surface area contributed by atoms with Gasteiger partial charge in [0.15, 0.2) is 0 Å². The number of pyridine rings is 1. The molecule has 0 aliphatic heterocycles. The van der Waals surface area contributed by atoms with Crippen molar-refractivity contribution in [2.75, 3.05) is 5.32 Å². The van der Waals surface area contributed by atoms with Crippen molar-refractivity contribution in [2.45, 2.75) is 58.4 Å². The first-order chi connectivity index (χ1) is 8.24. The number of nitrogens with zero attached hydrogens (tertiary/aromatic N) is 1. The third-order valence-corrected chi connectivity index (χ3v) is 3.53. The Kier molecular flexibility index (Phi) is 7.25. The highest BCUT2D eigenvalue weighted by Crippen LogP contribution is 2.20. The van der Waals surface area contributed by atoms with Gasteiger partial charge in [-0.2, -0.15) is 0 Å². The van der Waals surface area contributed by atoms with Gasteiger partial charge in [0.05, 0.1) is 5.69 Å². The highest BCUT2D eigenvalue weighted by Gasteiger charge is 2.04. The standard InChI is InChI=1S/C14H23BrN2/c1-3-4-5-6-7-9-12(2)17-13-10-8-11-16-14(13)15/h8,10-12,17H,3-7,9H2,1-2H3. The number of unbranched alkanes of at least 4 members (excludes halogenated alkanes) is 4. The summed E-state index contributed by atoms with van der Waals surface area (Å²) in [5.74, 6) is 0. The Morgan fingerprint density at radius 3 is 2.76 bits per heavy atom. The van der Waals surface area contributed by atoms with Gasteiger partial charge in [-0.15, -0.1) is 0 Å². The fraction of sp³-hybridized carbons (Fsp3) is 0.643. The highest BCUT2D eigenvalue weighted by atomic mass is 79.9. The van der Waals surface area contributed by atoms with Crippen LogP contribution in [-0.4, -0.2) is 11.0 Å². The normalized spacial score (nSPS) is 12.4. The van der Waals surface area contributed by atoms with Gasteiger partial charge in [-0.3, -0.25) is 0 Å². The van der Waals surface area contributed by atoms with Crippen LogP contribution in [0.4, 0.5) is 5.69 Å². The maximum absolute atomic E-state index is 4.21. The van der Waals surface area contributed by atoms with Crippen LogP contribution in [-0.2, 0) is 0 Å². The smallest absolute Gasteiger partial charge is 0.129 e. The van der Waals surface area contributed by atoms with E-state index in [1.165, 1.54) is 38.5 Å². The summed E-state index contributed by atoms with van der Waals surface area (Å²) in [6, 6.07) is 4.53. The summed E-state index contributed by atoms with van der Waals surface area (Å²) in [5, 5.41) is 3.49. The van der Waals surface area contributed by atoms with E-state index in [9.17, 15) is 0 Å². The number of nitrogens with one attached hydrogen (secondary N) is 1. The molecule has 1 rings (SSSR count). The largest absolute Gasteiger partial charge is 0.380 e. The average molecular weight is 299 g/mol. The molecular weight excluding hydrogens is 276 g/mol. The number of halogens is 1. The summed E-state index contributed by atoms with van der Waals surface area (Å²) in [4.78, 5) is 4.21. The summed E-state index contributed by atoms with van der Waals surface area (Å²) in [5.41, 5.74) is 1.09.